The van der Waals surface area contributed by atoms with E-state index in [0.717, 1.165) is 16.8 Å². The first kappa shape index (κ1) is 17.1. The molecule has 0 heterocycles. The minimum Gasteiger partial charge on any atom is -0.484 e. The maximum atomic E-state index is 12.1. The lowest BCUT2D eigenvalue weighted by atomic mass is 9.87. The van der Waals surface area contributed by atoms with E-state index in [0.29, 0.717) is 5.75 Å². The van der Waals surface area contributed by atoms with Crippen LogP contribution in [0.15, 0.2) is 42.5 Å². The van der Waals surface area contributed by atoms with Gasteiger partial charge < -0.3 is 10.1 Å². The number of anilines is 1. The number of ether oxygens (including phenoxy) is 1. The van der Waals surface area contributed by atoms with Crippen LogP contribution in [0.2, 0.25) is 0 Å². The second-order valence-corrected chi connectivity index (χ2v) is 6.86. The minimum atomic E-state index is -0.153. The molecule has 1 amide bonds. The highest BCUT2D eigenvalue weighted by molar-refractivity contribution is 5.92. The third-order valence-corrected chi connectivity index (χ3v) is 3.95. The molecule has 0 radical (unpaired) electrons. The van der Waals surface area contributed by atoms with Crippen LogP contribution >= 0.6 is 0 Å². The summed E-state index contributed by atoms with van der Waals surface area (Å²) in [6.45, 7) is 10.5. The second-order valence-electron chi connectivity index (χ2n) is 6.86. The summed E-state index contributed by atoms with van der Waals surface area (Å²) in [6, 6.07) is 13.8. The molecule has 1 N–H and O–H groups in total. The first-order valence-corrected chi connectivity index (χ1v) is 7.87. The fourth-order valence-electron chi connectivity index (χ4n) is 2.27. The number of carbonyl (C=O) groups excluding carboxylic acids is 1. The predicted molar refractivity (Wildman–Crippen MR) is 95.2 cm³/mol. The van der Waals surface area contributed by atoms with Crippen LogP contribution in [0, 0.1) is 13.8 Å². The highest BCUT2D eigenvalue weighted by atomic mass is 16.5. The average molecular weight is 311 g/mol. The summed E-state index contributed by atoms with van der Waals surface area (Å²) in [5.41, 5.74) is 4.31. The van der Waals surface area contributed by atoms with E-state index in [1.807, 2.05) is 50.2 Å². The van der Waals surface area contributed by atoms with Crippen LogP contribution in [0.25, 0.3) is 0 Å². The van der Waals surface area contributed by atoms with Crippen molar-refractivity contribution in [2.45, 2.75) is 40.0 Å². The molecule has 3 nitrogen and oxygen atoms in total. The first-order chi connectivity index (χ1) is 10.8. The Bertz CT molecular complexity index is 699. The fourth-order valence-corrected chi connectivity index (χ4v) is 2.27. The van der Waals surface area contributed by atoms with Gasteiger partial charge in [-0.1, -0.05) is 45.0 Å². The molecule has 0 spiro atoms. The van der Waals surface area contributed by atoms with Crippen LogP contribution in [0.5, 0.6) is 5.75 Å². The molecular formula is C20H25NO2. The summed E-state index contributed by atoms with van der Waals surface area (Å²) < 4.78 is 5.63. The highest BCUT2D eigenvalue weighted by Gasteiger charge is 2.14. The molecule has 122 valence electrons. The van der Waals surface area contributed by atoms with Crippen molar-refractivity contribution >= 4 is 11.6 Å². The summed E-state index contributed by atoms with van der Waals surface area (Å²) in [7, 11) is 0. The Morgan fingerprint density at radius 2 is 1.78 bits per heavy atom. The van der Waals surface area contributed by atoms with Gasteiger partial charge in [-0.05, 0) is 54.2 Å². The van der Waals surface area contributed by atoms with Crippen LogP contribution in [0.1, 0.15) is 37.5 Å². The minimum absolute atomic E-state index is 0.000970. The van der Waals surface area contributed by atoms with E-state index in [4.69, 9.17) is 4.74 Å². The topological polar surface area (TPSA) is 38.3 Å². The molecule has 0 aliphatic rings. The van der Waals surface area contributed by atoms with Gasteiger partial charge in [0, 0.05) is 5.69 Å². The van der Waals surface area contributed by atoms with Gasteiger partial charge in [-0.15, -0.1) is 0 Å². The van der Waals surface area contributed by atoms with Gasteiger partial charge in [-0.3, -0.25) is 4.79 Å². The molecule has 2 aromatic rings. The lowest BCUT2D eigenvalue weighted by Gasteiger charge is -2.19. The maximum absolute atomic E-state index is 12.1. The first-order valence-electron chi connectivity index (χ1n) is 7.87. The average Bonchev–Trinajstić information content (AvgIpc) is 2.49. The van der Waals surface area contributed by atoms with Gasteiger partial charge in [0.1, 0.15) is 5.75 Å². The van der Waals surface area contributed by atoms with Crippen molar-refractivity contribution in [3.8, 4) is 5.75 Å². The lowest BCUT2D eigenvalue weighted by Crippen LogP contribution is -2.21. The van der Waals surface area contributed by atoms with Gasteiger partial charge in [0.2, 0.25) is 0 Å². The summed E-state index contributed by atoms with van der Waals surface area (Å²) >= 11 is 0. The number of carbonyl (C=O) groups is 1. The molecule has 0 atom stereocenters. The zero-order chi connectivity index (χ0) is 17.0. The SMILES string of the molecule is Cc1cccc(NC(=O)COc2cccc(C(C)(C)C)c2)c1C. The predicted octanol–water partition coefficient (Wildman–Crippen LogP) is 4.62. The van der Waals surface area contributed by atoms with Gasteiger partial charge in [0.25, 0.3) is 5.91 Å². The smallest absolute Gasteiger partial charge is 0.262 e. The lowest BCUT2D eigenvalue weighted by molar-refractivity contribution is -0.118. The molecule has 0 saturated carbocycles. The maximum Gasteiger partial charge on any atom is 0.262 e. The molecule has 3 heteroatoms. The Kier molecular flexibility index (Phi) is 5.09. The van der Waals surface area contributed by atoms with E-state index in [1.165, 1.54) is 5.56 Å². The Morgan fingerprint density at radius 3 is 2.48 bits per heavy atom. The molecule has 0 fully saturated rings. The van der Waals surface area contributed by atoms with Crippen molar-refractivity contribution in [3.05, 3.63) is 59.2 Å². The number of nitrogens with one attached hydrogen (secondary N) is 1. The number of hydrogen-bond acceptors (Lipinski definition) is 2. The fraction of sp³-hybridized carbons (Fsp3) is 0.350. The Labute approximate surface area is 138 Å². The molecule has 2 aromatic carbocycles. The van der Waals surface area contributed by atoms with Crippen molar-refractivity contribution < 1.29 is 9.53 Å². The zero-order valence-electron chi connectivity index (χ0n) is 14.6. The van der Waals surface area contributed by atoms with Gasteiger partial charge in [0.05, 0.1) is 0 Å². The van der Waals surface area contributed by atoms with E-state index < -0.39 is 0 Å². The van der Waals surface area contributed by atoms with Gasteiger partial charge in [-0.25, -0.2) is 0 Å². The molecular weight excluding hydrogens is 286 g/mol. The summed E-state index contributed by atoms with van der Waals surface area (Å²) in [6.07, 6.45) is 0. The van der Waals surface area contributed by atoms with Gasteiger partial charge >= 0.3 is 0 Å². The highest BCUT2D eigenvalue weighted by Crippen LogP contribution is 2.25. The molecule has 0 aliphatic carbocycles. The molecule has 0 saturated heterocycles. The third-order valence-electron chi connectivity index (χ3n) is 3.95. The van der Waals surface area contributed by atoms with Crippen LogP contribution in [-0.4, -0.2) is 12.5 Å². The number of rotatable bonds is 4. The molecule has 0 bridgehead atoms. The standard InChI is InChI=1S/C20H25NO2/c1-14-8-6-11-18(15(14)2)21-19(22)13-23-17-10-7-9-16(12-17)20(3,4)5/h6-12H,13H2,1-5H3,(H,21,22). The van der Waals surface area contributed by atoms with Crippen LogP contribution in [0.3, 0.4) is 0 Å². The third kappa shape index (κ3) is 4.59. The van der Waals surface area contributed by atoms with Gasteiger partial charge in [-0.2, -0.15) is 0 Å². The molecule has 2 rings (SSSR count). The van der Waals surface area contributed by atoms with Crippen LogP contribution < -0.4 is 10.1 Å². The van der Waals surface area contributed by atoms with Crippen LogP contribution in [-0.2, 0) is 10.2 Å². The largest absolute Gasteiger partial charge is 0.484 e. The van der Waals surface area contributed by atoms with E-state index in [2.05, 4.69) is 32.2 Å². The second kappa shape index (κ2) is 6.86. The van der Waals surface area contributed by atoms with E-state index in [9.17, 15) is 4.79 Å². The molecule has 23 heavy (non-hydrogen) atoms. The van der Waals surface area contributed by atoms with Crippen molar-refractivity contribution in [2.24, 2.45) is 0 Å². The van der Waals surface area contributed by atoms with E-state index in [1.54, 1.807) is 0 Å². The van der Waals surface area contributed by atoms with E-state index >= 15 is 0 Å². The molecule has 0 unspecified atom stereocenters. The zero-order valence-corrected chi connectivity index (χ0v) is 14.6. The summed E-state index contributed by atoms with van der Waals surface area (Å²) in [5, 5.41) is 2.90. The van der Waals surface area contributed by atoms with Crippen molar-refractivity contribution in [1.82, 2.24) is 0 Å². The Hall–Kier alpha value is -2.29. The number of aryl methyl sites for hydroxylation is 1. The molecule has 0 aromatic heterocycles. The summed E-state index contributed by atoms with van der Waals surface area (Å²) in [5.74, 6) is 0.563. The van der Waals surface area contributed by atoms with E-state index in [-0.39, 0.29) is 17.9 Å². The number of amides is 1. The van der Waals surface area contributed by atoms with Crippen molar-refractivity contribution in [1.29, 1.82) is 0 Å². The quantitative estimate of drug-likeness (QED) is 0.895. The normalized spacial score (nSPS) is 11.2. The Morgan fingerprint density at radius 1 is 1.09 bits per heavy atom. The van der Waals surface area contributed by atoms with Gasteiger partial charge in [0.15, 0.2) is 6.61 Å². The molecule has 0 aliphatic heterocycles. The summed E-state index contributed by atoms with van der Waals surface area (Å²) in [4.78, 5) is 12.1. The number of hydrogen-bond donors (Lipinski definition) is 1. The number of benzene rings is 2. The van der Waals surface area contributed by atoms with Crippen molar-refractivity contribution in [2.75, 3.05) is 11.9 Å². The van der Waals surface area contributed by atoms with Crippen LogP contribution in [0.4, 0.5) is 5.69 Å². The Balaban J connectivity index is 1.98. The van der Waals surface area contributed by atoms with Crippen molar-refractivity contribution in [3.63, 3.8) is 0 Å². The monoisotopic (exact) mass is 311 g/mol.